The lowest BCUT2D eigenvalue weighted by molar-refractivity contribution is -0.119. The topological polar surface area (TPSA) is 93.9 Å². The minimum absolute atomic E-state index is 0.0781. The van der Waals surface area contributed by atoms with Crippen LogP contribution in [0.3, 0.4) is 0 Å². The van der Waals surface area contributed by atoms with Crippen molar-refractivity contribution in [1.82, 2.24) is 20.1 Å². The second-order valence-electron chi connectivity index (χ2n) is 6.93. The van der Waals surface area contributed by atoms with Gasteiger partial charge in [0.05, 0.1) is 17.3 Å². The molecule has 1 aliphatic heterocycles. The van der Waals surface area contributed by atoms with Gasteiger partial charge < -0.3 is 9.88 Å². The molecule has 0 spiro atoms. The molecule has 0 unspecified atom stereocenters. The lowest BCUT2D eigenvalue weighted by atomic mass is 10.1. The summed E-state index contributed by atoms with van der Waals surface area (Å²) in [6, 6.07) is 0. The van der Waals surface area contributed by atoms with Crippen LogP contribution in [-0.4, -0.2) is 51.9 Å². The Bertz CT molecular complexity index is 720. The predicted molar refractivity (Wildman–Crippen MR) is 94.9 cm³/mol. The first-order valence-corrected chi connectivity index (χ1v) is 10.6. The third-order valence-electron chi connectivity index (χ3n) is 3.50. The van der Waals surface area contributed by atoms with Gasteiger partial charge in [-0.05, 0) is 27.2 Å². The van der Waals surface area contributed by atoms with Crippen molar-refractivity contribution in [3.63, 3.8) is 0 Å². The van der Waals surface area contributed by atoms with E-state index >= 15 is 0 Å². The highest BCUT2D eigenvalue weighted by atomic mass is 32.2. The lowest BCUT2D eigenvalue weighted by Crippen LogP contribution is -2.41. The van der Waals surface area contributed by atoms with Gasteiger partial charge in [-0.15, -0.1) is 16.8 Å². The first kappa shape index (κ1) is 19.0. The van der Waals surface area contributed by atoms with Crippen LogP contribution in [0.5, 0.6) is 0 Å². The molecule has 1 atom stereocenters. The van der Waals surface area contributed by atoms with Crippen molar-refractivity contribution >= 4 is 27.5 Å². The first-order chi connectivity index (χ1) is 11.1. The van der Waals surface area contributed by atoms with Crippen LogP contribution in [0.25, 0.3) is 0 Å². The summed E-state index contributed by atoms with van der Waals surface area (Å²) < 4.78 is 25.3. The molecule has 1 amide bonds. The third-order valence-corrected chi connectivity index (χ3v) is 6.24. The number of thioether (sulfide) groups is 1. The molecule has 1 aliphatic rings. The van der Waals surface area contributed by atoms with Crippen molar-refractivity contribution in [2.45, 2.75) is 50.4 Å². The molecule has 0 bridgehead atoms. The predicted octanol–water partition coefficient (Wildman–Crippen LogP) is 1.37. The van der Waals surface area contributed by atoms with Gasteiger partial charge in [-0.2, -0.15) is 0 Å². The molecule has 9 heteroatoms. The van der Waals surface area contributed by atoms with Gasteiger partial charge in [-0.25, -0.2) is 8.42 Å². The van der Waals surface area contributed by atoms with Crippen molar-refractivity contribution in [2.24, 2.45) is 0 Å². The van der Waals surface area contributed by atoms with Gasteiger partial charge in [0.25, 0.3) is 0 Å². The minimum atomic E-state index is -2.99. The zero-order valence-electron chi connectivity index (χ0n) is 14.3. The van der Waals surface area contributed by atoms with E-state index in [-0.39, 0.29) is 34.6 Å². The van der Waals surface area contributed by atoms with Gasteiger partial charge in [-0.3, -0.25) is 4.79 Å². The van der Waals surface area contributed by atoms with Gasteiger partial charge in [0, 0.05) is 18.0 Å². The van der Waals surface area contributed by atoms with Crippen molar-refractivity contribution < 1.29 is 13.2 Å². The van der Waals surface area contributed by atoms with E-state index in [1.165, 1.54) is 11.8 Å². The average molecular weight is 373 g/mol. The maximum absolute atomic E-state index is 12.0. The molecule has 1 N–H and O–H groups in total. The Balaban J connectivity index is 2.11. The number of nitrogens with one attached hydrogen (secondary N) is 1. The molecule has 2 heterocycles. The van der Waals surface area contributed by atoms with Gasteiger partial charge in [0.1, 0.15) is 5.82 Å². The average Bonchev–Trinajstić information content (AvgIpc) is 2.98. The highest BCUT2D eigenvalue weighted by molar-refractivity contribution is 7.99. The van der Waals surface area contributed by atoms with Crippen LogP contribution < -0.4 is 5.32 Å². The van der Waals surface area contributed by atoms with Gasteiger partial charge in [0.15, 0.2) is 15.0 Å². The summed E-state index contributed by atoms with van der Waals surface area (Å²) in [6.45, 7) is 10.00. The number of carbonyl (C=O) groups is 1. The number of allylic oxidation sites excluding steroid dienone is 1. The molecule has 134 valence electrons. The summed E-state index contributed by atoms with van der Waals surface area (Å²) in [4.78, 5) is 12.0. The van der Waals surface area contributed by atoms with Crippen LogP contribution in [0, 0.1) is 0 Å². The number of hydrogen-bond acceptors (Lipinski definition) is 6. The van der Waals surface area contributed by atoms with E-state index in [9.17, 15) is 13.2 Å². The fourth-order valence-corrected chi connectivity index (χ4v) is 5.09. The second-order valence-corrected chi connectivity index (χ2v) is 10.1. The molecule has 2 rings (SSSR count). The summed E-state index contributed by atoms with van der Waals surface area (Å²) in [5, 5.41) is 11.8. The molecule has 0 radical (unpaired) electrons. The normalized spacial score (nSPS) is 20.0. The standard InChI is InChI=1S/C15H24N4O3S2/c1-5-7-19-13(11-6-8-24(21,22)10-11)17-18-14(19)23-9-12(20)16-15(2,3)4/h5,11H,1,6-10H2,2-4H3,(H,16,20)/t11-/m1/s1. The SMILES string of the molecule is C=CCn1c(SCC(=O)NC(C)(C)C)nnc1[C@@H]1CCS(=O)(=O)C1. The van der Waals surface area contributed by atoms with Crippen molar-refractivity contribution in [2.75, 3.05) is 17.3 Å². The fraction of sp³-hybridized carbons (Fsp3) is 0.667. The van der Waals surface area contributed by atoms with E-state index in [1.54, 1.807) is 6.08 Å². The lowest BCUT2D eigenvalue weighted by Gasteiger charge is -2.20. The Morgan fingerprint density at radius 1 is 1.46 bits per heavy atom. The van der Waals surface area contributed by atoms with Gasteiger partial charge >= 0.3 is 0 Å². The van der Waals surface area contributed by atoms with Crippen LogP contribution in [0.1, 0.15) is 38.9 Å². The van der Waals surface area contributed by atoms with Gasteiger partial charge in [-0.1, -0.05) is 17.8 Å². The van der Waals surface area contributed by atoms with E-state index in [4.69, 9.17) is 0 Å². The first-order valence-electron chi connectivity index (χ1n) is 7.79. The Morgan fingerprint density at radius 2 is 2.17 bits per heavy atom. The molecular formula is C15H24N4O3S2. The Hall–Kier alpha value is -1.35. The number of hydrogen-bond donors (Lipinski definition) is 1. The molecule has 7 nitrogen and oxygen atoms in total. The smallest absolute Gasteiger partial charge is 0.230 e. The number of carbonyl (C=O) groups excluding carboxylic acids is 1. The van der Waals surface area contributed by atoms with Crippen LogP contribution in [0.4, 0.5) is 0 Å². The summed E-state index contributed by atoms with van der Waals surface area (Å²) in [5.41, 5.74) is -0.282. The maximum Gasteiger partial charge on any atom is 0.230 e. The van der Waals surface area contributed by atoms with Gasteiger partial charge in [0.2, 0.25) is 5.91 Å². The molecule has 0 aliphatic carbocycles. The zero-order valence-corrected chi connectivity index (χ0v) is 15.9. The van der Waals surface area contributed by atoms with Crippen molar-refractivity contribution in [3.05, 3.63) is 18.5 Å². The maximum atomic E-state index is 12.0. The highest BCUT2D eigenvalue weighted by Crippen LogP contribution is 2.30. The number of rotatable bonds is 6. The Morgan fingerprint density at radius 3 is 2.71 bits per heavy atom. The number of sulfone groups is 1. The third kappa shape index (κ3) is 5.07. The van der Waals surface area contributed by atoms with E-state index < -0.39 is 9.84 Å². The highest BCUT2D eigenvalue weighted by Gasteiger charge is 2.33. The molecule has 1 aromatic rings. The number of nitrogens with zero attached hydrogens (tertiary/aromatic N) is 3. The molecule has 24 heavy (non-hydrogen) atoms. The quantitative estimate of drug-likeness (QED) is 0.599. The summed E-state index contributed by atoms with van der Waals surface area (Å²) in [7, 11) is -2.99. The molecule has 0 aromatic carbocycles. The summed E-state index contributed by atoms with van der Waals surface area (Å²) >= 11 is 1.30. The molecule has 1 fully saturated rings. The molecule has 0 saturated carbocycles. The van der Waals surface area contributed by atoms with Crippen LogP contribution in [0.2, 0.25) is 0 Å². The van der Waals surface area contributed by atoms with Crippen molar-refractivity contribution in [3.8, 4) is 0 Å². The summed E-state index contributed by atoms with van der Waals surface area (Å²) in [6.07, 6.45) is 2.28. The molecular weight excluding hydrogens is 348 g/mol. The Labute approximate surface area is 147 Å². The van der Waals surface area contributed by atoms with E-state index in [2.05, 4.69) is 22.1 Å². The molecule has 1 aromatic heterocycles. The van der Waals surface area contributed by atoms with Crippen LogP contribution in [-0.2, 0) is 21.2 Å². The second kappa shape index (κ2) is 7.26. The van der Waals surface area contributed by atoms with Crippen LogP contribution in [0.15, 0.2) is 17.8 Å². The zero-order chi connectivity index (χ0) is 18.0. The van der Waals surface area contributed by atoms with E-state index in [1.807, 2.05) is 25.3 Å². The van der Waals surface area contributed by atoms with E-state index in [0.717, 1.165) is 0 Å². The largest absolute Gasteiger partial charge is 0.351 e. The Kier molecular flexibility index (Phi) is 5.74. The van der Waals surface area contributed by atoms with E-state index in [0.29, 0.717) is 23.9 Å². The number of amides is 1. The molecule has 1 saturated heterocycles. The minimum Gasteiger partial charge on any atom is -0.351 e. The van der Waals surface area contributed by atoms with Crippen molar-refractivity contribution in [1.29, 1.82) is 0 Å². The number of aromatic nitrogens is 3. The fourth-order valence-electron chi connectivity index (χ4n) is 2.59. The monoisotopic (exact) mass is 372 g/mol. The van der Waals surface area contributed by atoms with Crippen LogP contribution >= 0.6 is 11.8 Å². The summed E-state index contributed by atoms with van der Waals surface area (Å²) in [5.74, 6) is 0.975.